The summed E-state index contributed by atoms with van der Waals surface area (Å²) < 4.78 is 9.99. The summed E-state index contributed by atoms with van der Waals surface area (Å²) in [5.41, 5.74) is 0.507. The van der Waals surface area contributed by atoms with Gasteiger partial charge in [0.05, 0.1) is 24.3 Å². The molecular weight excluding hydrogens is 268 g/mol. The van der Waals surface area contributed by atoms with Crippen molar-refractivity contribution in [3.05, 3.63) is 35.4 Å². The fourth-order valence-electron chi connectivity index (χ4n) is 1.43. The first-order valence-corrected chi connectivity index (χ1v) is 7.55. The molecule has 0 aliphatic carbocycles. The van der Waals surface area contributed by atoms with Crippen LogP contribution in [-0.4, -0.2) is 25.2 Å². The Hall–Kier alpha value is -1.84. The summed E-state index contributed by atoms with van der Waals surface area (Å²) in [5, 5.41) is 0. The lowest BCUT2D eigenvalue weighted by Gasteiger charge is -2.08. The minimum atomic E-state index is -0.499. The maximum Gasteiger partial charge on any atom is 0.339 e. The molecule has 0 N–H and O–H groups in total. The Morgan fingerprint density at radius 1 is 0.905 bits per heavy atom. The predicted octanol–water partition coefficient (Wildman–Crippen LogP) is 4.24. The zero-order chi connectivity index (χ0) is 16.1. The van der Waals surface area contributed by atoms with Gasteiger partial charge in [0.1, 0.15) is 0 Å². The third-order valence-electron chi connectivity index (χ3n) is 2.37. The number of unbranched alkanes of at least 4 members (excludes halogenated alkanes) is 1. The molecule has 1 rings (SSSR count). The molecule has 4 heteroatoms. The molecule has 0 saturated heterocycles. The van der Waals surface area contributed by atoms with Crippen molar-refractivity contribution in [2.24, 2.45) is 0 Å². The summed E-state index contributed by atoms with van der Waals surface area (Å²) in [4.78, 5) is 23.5. The van der Waals surface area contributed by atoms with Gasteiger partial charge < -0.3 is 9.47 Å². The monoisotopic (exact) mass is 294 g/mol. The van der Waals surface area contributed by atoms with E-state index in [0.29, 0.717) is 6.61 Å². The van der Waals surface area contributed by atoms with Crippen LogP contribution in [0.25, 0.3) is 0 Å². The molecule has 0 spiro atoms. The molecule has 0 bridgehead atoms. The van der Waals surface area contributed by atoms with E-state index in [-0.39, 0.29) is 17.7 Å². The van der Waals surface area contributed by atoms with E-state index in [1.54, 1.807) is 31.2 Å². The third-order valence-corrected chi connectivity index (χ3v) is 2.37. The fourth-order valence-corrected chi connectivity index (χ4v) is 1.43. The van der Waals surface area contributed by atoms with Crippen molar-refractivity contribution in [2.75, 3.05) is 13.2 Å². The third kappa shape index (κ3) is 7.49. The standard InChI is InChI=1S/C14H18O4.C3H8/c1-3-5-10-18-14(16)12-9-7-6-8-11(12)13(15)17-4-2;1-3-2/h6-9H,3-5,10H2,1-2H3;3H2,1-2H3. The minimum Gasteiger partial charge on any atom is -0.462 e. The van der Waals surface area contributed by atoms with Crippen molar-refractivity contribution in [3.8, 4) is 0 Å². The average Bonchev–Trinajstić information content (AvgIpc) is 2.48. The van der Waals surface area contributed by atoms with Crippen LogP contribution in [-0.2, 0) is 9.47 Å². The van der Waals surface area contributed by atoms with E-state index in [1.165, 1.54) is 6.42 Å². The number of ether oxygens (including phenoxy) is 2. The van der Waals surface area contributed by atoms with Crippen LogP contribution in [0.4, 0.5) is 0 Å². The van der Waals surface area contributed by atoms with Crippen molar-refractivity contribution in [1.29, 1.82) is 0 Å². The Morgan fingerprint density at radius 2 is 1.38 bits per heavy atom. The van der Waals surface area contributed by atoms with Crippen molar-refractivity contribution >= 4 is 11.9 Å². The molecule has 0 heterocycles. The second-order valence-corrected chi connectivity index (χ2v) is 4.46. The smallest absolute Gasteiger partial charge is 0.339 e. The molecular formula is C17H26O4. The Labute approximate surface area is 127 Å². The van der Waals surface area contributed by atoms with E-state index < -0.39 is 11.9 Å². The molecule has 0 fully saturated rings. The molecule has 0 aromatic heterocycles. The molecule has 0 atom stereocenters. The van der Waals surface area contributed by atoms with Crippen molar-refractivity contribution < 1.29 is 19.1 Å². The Bertz CT molecular complexity index is 427. The average molecular weight is 294 g/mol. The summed E-state index contributed by atoms with van der Waals surface area (Å²) in [7, 11) is 0. The van der Waals surface area contributed by atoms with Crippen LogP contribution in [0, 0.1) is 0 Å². The molecule has 0 aliphatic heterocycles. The van der Waals surface area contributed by atoms with Crippen LogP contribution in [0.1, 0.15) is 67.7 Å². The Kier molecular flexibility index (Phi) is 10.9. The molecule has 0 radical (unpaired) electrons. The molecule has 0 aliphatic rings. The lowest BCUT2D eigenvalue weighted by atomic mass is 10.1. The highest BCUT2D eigenvalue weighted by molar-refractivity contribution is 6.03. The van der Waals surface area contributed by atoms with E-state index in [0.717, 1.165) is 12.8 Å². The van der Waals surface area contributed by atoms with Gasteiger partial charge in [0.25, 0.3) is 0 Å². The fraction of sp³-hybridized carbons (Fsp3) is 0.529. The van der Waals surface area contributed by atoms with Gasteiger partial charge in [-0.3, -0.25) is 0 Å². The largest absolute Gasteiger partial charge is 0.462 e. The number of carbonyl (C=O) groups is 2. The lowest BCUT2D eigenvalue weighted by molar-refractivity contribution is 0.0464. The van der Waals surface area contributed by atoms with Gasteiger partial charge in [-0.1, -0.05) is 45.7 Å². The summed E-state index contributed by atoms with van der Waals surface area (Å²) in [6.07, 6.45) is 3.01. The van der Waals surface area contributed by atoms with Crippen LogP contribution in [0.15, 0.2) is 24.3 Å². The van der Waals surface area contributed by atoms with Gasteiger partial charge in [-0.15, -0.1) is 0 Å². The summed E-state index contributed by atoms with van der Waals surface area (Å²) in [6, 6.07) is 6.52. The summed E-state index contributed by atoms with van der Waals surface area (Å²) >= 11 is 0. The van der Waals surface area contributed by atoms with E-state index >= 15 is 0 Å². The summed E-state index contributed by atoms with van der Waals surface area (Å²) in [5.74, 6) is -0.979. The van der Waals surface area contributed by atoms with Crippen LogP contribution in [0.2, 0.25) is 0 Å². The van der Waals surface area contributed by atoms with Crippen LogP contribution < -0.4 is 0 Å². The molecule has 0 unspecified atom stereocenters. The Balaban J connectivity index is 0.00000122. The molecule has 118 valence electrons. The zero-order valence-corrected chi connectivity index (χ0v) is 13.5. The minimum absolute atomic E-state index is 0.251. The highest BCUT2D eigenvalue weighted by Gasteiger charge is 2.18. The van der Waals surface area contributed by atoms with E-state index in [4.69, 9.17) is 9.47 Å². The first-order valence-electron chi connectivity index (χ1n) is 7.55. The number of benzene rings is 1. The number of rotatable bonds is 6. The van der Waals surface area contributed by atoms with Gasteiger partial charge in [-0.25, -0.2) is 9.59 Å². The maximum atomic E-state index is 11.8. The van der Waals surface area contributed by atoms with Crippen LogP contribution in [0.5, 0.6) is 0 Å². The van der Waals surface area contributed by atoms with Gasteiger partial charge in [0.2, 0.25) is 0 Å². The van der Waals surface area contributed by atoms with Crippen LogP contribution >= 0.6 is 0 Å². The summed E-state index contributed by atoms with van der Waals surface area (Å²) in [6.45, 7) is 8.63. The van der Waals surface area contributed by atoms with Gasteiger partial charge >= 0.3 is 11.9 Å². The normalized spacial score (nSPS) is 9.33. The molecule has 4 nitrogen and oxygen atoms in total. The number of carbonyl (C=O) groups excluding carboxylic acids is 2. The molecule has 0 saturated carbocycles. The first-order chi connectivity index (χ1) is 10.1. The number of hydrogen-bond acceptors (Lipinski definition) is 4. The van der Waals surface area contributed by atoms with Crippen molar-refractivity contribution in [3.63, 3.8) is 0 Å². The van der Waals surface area contributed by atoms with Gasteiger partial charge in [0, 0.05) is 0 Å². The Morgan fingerprint density at radius 3 is 1.81 bits per heavy atom. The zero-order valence-electron chi connectivity index (χ0n) is 13.5. The number of hydrogen-bond donors (Lipinski definition) is 0. The molecule has 1 aromatic rings. The maximum absolute atomic E-state index is 11.8. The molecule has 1 aromatic carbocycles. The highest BCUT2D eigenvalue weighted by atomic mass is 16.5. The van der Waals surface area contributed by atoms with Crippen molar-refractivity contribution in [1.82, 2.24) is 0 Å². The van der Waals surface area contributed by atoms with E-state index in [1.807, 2.05) is 6.92 Å². The quantitative estimate of drug-likeness (QED) is 0.582. The second-order valence-electron chi connectivity index (χ2n) is 4.46. The SMILES string of the molecule is CCC.CCCCOC(=O)c1ccccc1C(=O)OCC. The lowest BCUT2D eigenvalue weighted by Crippen LogP contribution is -2.14. The van der Waals surface area contributed by atoms with Crippen molar-refractivity contribution in [2.45, 2.75) is 47.0 Å². The van der Waals surface area contributed by atoms with Gasteiger partial charge in [0.15, 0.2) is 0 Å². The second kappa shape index (κ2) is 11.9. The topological polar surface area (TPSA) is 52.6 Å². The molecule has 0 amide bonds. The number of esters is 2. The highest BCUT2D eigenvalue weighted by Crippen LogP contribution is 2.12. The predicted molar refractivity (Wildman–Crippen MR) is 83.6 cm³/mol. The molecule has 21 heavy (non-hydrogen) atoms. The van der Waals surface area contributed by atoms with E-state index in [9.17, 15) is 9.59 Å². The van der Waals surface area contributed by atoms with Gasteiger partial charge in [-0.05, 0) is 25.5 Å². The van der Waals surface area contributed by atoms with Crippen LogP contribution in [0.3, 0.4) is 0 Å². The van der Waals surface area contributed by atoms with Gasteiger partial charge in [-0.2, -0.15) is 0 Å². The first kappa shape index (κ1) is 19.2. The van der Waals surface area contributed by atoms with E-state index in [2.05, 4.69) is 13.8 Å².